The van der Waals surface area contributed by atoms with E-state index >= 15 is 0 Å². The summed E-state index contributed by atoms with van der Waals surface area (Å²) in [7, 11) is 0. The number of hydrogen-bond acceptors (Lipinski definition) is 5. The van der Waals surface area contributed by atoms with Gasteiger partial charge in [0.1, 0.15) is 0 Å². The highest BCUT2D eigenvalue weighted by molar-refractivity contribution is 6.35. The third-order valence-electron chi connectivity index (χ3n) is 6.20. The van der Waals surface area contributed by atoms with Crippen LogP contribution in [0.1, 0.15) is 69.2 Å². The van der Waals surface area contributed by atoms with Crippen LogP contribution in [0.5, 0.6) is 0 Å². The molecule has 0 saturated heterocycles. The number of carbonyl (C=O) groups excluding carboxylic acids is 4. The summed E-state index contributed by atoms with van der Waals surface area (Å²) < 4.78 is 5.24. The predicted octanol–water partition coefficient (Wildman–Crippen LogP) is 5.07. The van der Waals surface area contributed by atoms with E-state index in [0.29, 0.717) is 11.3 Å². The van der Waals surface area contributed by atoms with Gasteiger partial charge in [0.2, 0.25) is 5.78 Å². The highest BCUT2D eigenvalue weighted by Gasteiger charge is 2.38. The number of nitrogens with zero attached hydrogens (tertiary/aromatic N) is 1. The van der Waals surface area contributed by atoms with Gasteiger partial charge in [-0.3, -0.25) is 14.4 Å². The topological polar surface area (TPSA) is 80.8 Å². The Kier molecular flexibility index (Phi) is 5.92. The first-order valence-electron chi connectivity index (χ1n) is 11.0. The van der Waals surface area contributed by atoms with Crippen LogP contribution in [0.15, 0.2) is 48.5 Å². The van der Waals surface area contributed by atoms with Crippen LogP contribution in [0.3, 0.4) is 0 Å². The Labute approximate surface area is 198 Å². The maximum absolute atomic E-state index is 13.1. The molecular formula is C28H25NO5. The van der Waals surface area contributed by atoms with Crippen molar-refractivity contribution in [2.75, 3.05) is 11.5 Å². The number of hydrogen-bond donors (Lipinski definition) is 0. The van der Waals surface area contributed by atoms with E-state index in [2.05, 4.69) is 0 Å². The number of aryl methyl sites for hydroxylation is 5. The van der Waals surface area contributed by atoms with Gasteiger partial charge in [-0.05, 0) is 92.8 Å². The van der Waals surface area contributed by atoms with E-state index in [1.165, 1.54) is 18.2 Å². The Morgan fingerprint density at radius 2 is 1.41 bits per heavy atom. The molecule has 1 aliphatic rings. The largest absolute Gasteiger partial charge is 0.454 e. The number of Topliss-reactive ketones (excluding diaryl/α,β-unsaturated/α-hetero) is 1. The summed E-state index contributed by atoms with van der Waals surface area (Å²) in [6.07, 6.45) is 0. The molecule has 6 nitrogen and oxygen atoms in total. The van der Waals surface area contributed by atoms with Gasteiger partial charge in [0.05, 0.1) is 22.4 Å². The smallest absolute Gasteiger partial charge is 0.338 e. The van der Waals surface area contributed by atoms with Crippen molar-refractivity contribution < 1.29 is 23.9 Å². The van der Waals surface area contributed by atoms with Crippen molar-refractivity contribution in [2.45, 2.75) is 34.6 Å². The molecule has 0 radical (unpaired) electrons. The molecule has 0 spiro atoms. The average Bonchev–Trinajstić information content (AvgIpc) is 3.05. The quantitative estimate of drug-likeness (QED) is 0.305. The van der Waals surface area contributed by atoms with E-state index in [0.717, 1.165) is 32.7 Å². The van der Waals surface area contributed by atoms with Crippen molar-refractivity contribution in [3.8, 4) is 0 Å². The molecule has 1 heterocycles. The molecule has 3 aromatic carbocycles. The summed E-state index contributed by atoms with van der Waals surface area (Å²) in [4.78, 5) is 52.4. The van der Waals surface area contributed by atoms with Crippen molar-refractivity contribution in [3.63, 3.8) is 0 Å². The van der Waals surface area contributed by atoms with Crippen molar-refractivity contribution >= 4 is 29.3 Å². The molecule has 1 aliphatic heterocycles. The zero-order valence-electron chi connectivity index (χ0n) is 19.8. The number of ether oxygens (including phenoxy) is 1. The number of anilines is 1. The highest BCUT2D eigenvalue weighted by Crippen LogP contribution is 2.32. The van der Waals surface area contributed by atoms with Crippen LogP contribution in [-0.2, 0) is 4.74 Å². The van der Waals surface area contributed by atoms with Gasteiger partial charge in [-0.25, -0.2) is 9.69 Å². The van der Waals surface area contributed by atoms with E-state index in [1.54, 1.807) is 12.1 Å². The SMILES string of the molecule is Cc1ccc(C)c(N2C(=O)c3ccc(C(=O)OCC(=O)c4cc(C)c(C)cc4C)cc3C2=O)c1. The zero-order valence-corrected chi connectivity index (χ0v) is 19.8. The second kappa shape index (κ2) is 8.71. The van der Waals surface area contributed by atoms with Crippen LogP contribution in [0.25, 0.3) is 0 Å². The minimum absolute atomic E-state index is 0.104. The second-order valence-electron chi connectivity index (χ2n) is 8.75. The number of amides is 2. The molecule has 0 atom stereocenters. The summed E-state index contributed by atoms with van der Waals surface area (Å²) in [5, 5.41) is 0. The monoisotopic (exact) mass is 455 g/mol. The molecule has 4 rings (SSSR count). The molecule has 6 heteroatoms. The van der Waals surface area contributed by atoms with Crippen molar-refractivity contribution in [2.24, 2.45) is 0 Å². The molecule has 0 saturated carbocycles. The summed E-state index contributed by atoms with van der Waals surface area (Å²) in [5.74, 6) is -1.97. The van der Waals surface area contributed by atoms with Crippen LogP contribution in [-0.4, -0.2) is 30.2 Å². The number of fused-ring (bicyclic) bond motifs is 1. The lowest BCUT2D eigenvalue weighted by Crippen LogP contribution is -2.30. The molecule has 0 unspecified atom stereocenters. The van der Waals surface area contributed by atoms with E-state index < -0.39 is 24.4 Å². The number of benzene rings is 3. The van der Waals surface area contributed by atoms with Gasteiger partial charge in [0.15, 0.2) is 6.61 Å². The first kappa shape index (κ1) is 23.1. The molecule has 0 fully saturated rings. The first-order valence-corrected chi connectivity index (χ1v) is 11.0. The standard InChI is InChI=1S/C28H25NO5/c1-15-6-7-16(2)24(10-15)29-26(31)21-9-8-20(13-23(21)27(29)32)28(33)34-14-25(30)22-12-18(4)17(3)11-19(22)5/h6-13H,14H2,1-5H3. The van der Waals surface area contributed by atoms with Crippen LogP contribution in [0.2, 0.25) is 0 Å². The van der Waals surface area contributed by atoms with E-state index in [4.69, 9.17) is 4.74 Å². The molecule has 0 bridgehead atoms. The zero-order chi connectivity index (χ0) is 24.7. The molecule has 2 amide bonds. The van der Waals surface area contributed by atoms with Crippen LogP contribution in [0.4, 0.5) is 5.69 Å². The normalized spacial score (nSPS) is 12.7. The molecule has 0 aliphatic carbocycles. The summed E-state index contributed by atoms with van der Waals surface area (Å²) >= 11 is 0. The molecule has 172 valence electrons. The van der Waals surface area contributed by atoms with Gasteiger partial charge in [0, 0.05) is 5.56 Å². The molecule has 3 aromatic rings. The van der Waals surface area contributed by atoms with Crippen LogP contribution >= 0.6 is 0 Å². The Bertz CT molecular complexity index is 1390. The number of imide groups is 1. The van der Waals surface area contributed by atoms with Crippen molar-refractivity contribution in [1.82, 2.24) is 0 Å². The van der Waals surface area contributed by atoms with E-state index in [1.807, 2.05) is 52.8 Å². The Morgan fingerprint density at radius 1 is 0.735 bits per heavy atom. The van der Waals surface area contributed by atoms with Gasteiger partial charge in [-0.1, -0.05) is 18.2 Å². The van der Waals surface area contributed by atoms with Crippen molar-refractivity contribution in [1.29, 1.82) is 0 Å². The fraction of sp³-hybridized carbons (Fsp3) is 0.214. The van der Waals surface area contributed by atoms with Crippen molar-refractivity contribution in [3.05, 3.63) is 98.6 Å². The maximum Gasteiger partial charge on any atom is 0.338 e. The van der Waals surface area contributed by atoms with Gasteiger partial charge < -0.3 is 4.74 Å². The fourth-order valence-corrected chi connectivity index (χ4v) is 4.10. The fourth-order valence-electron chi connectivity index (χ4n) is 4.10. The lowest BCUT2D eigenvalue weighted by atomic mass is 9.98. The number of esters is 1. The summed E-state index contributed by atoms with van der Waals surface area (Å²) in [6, 6.07) is 13.5. The van der Waals surface area contributed by atoms with Gasteiger partial charge in [-0.2, -0.15) is 0 Å². The van der Waals surface area contributed by atoms with Gasteiger partial charge >= 0.3 is 5.97 Å². The maximum atomic E-state index is 13.1. The van der Waals surface area contributed by atoms with Crippen LogP contribution in [0, 0.1) is 34.6 Å². The Hall–Kier alpha value is -4.06. The predicted molar refractivity (Wildman–Crippen MR) is 129 cm³/mol. The first-order chi connectivity index (χ1) is 16.1. The third-order valence-corrected chi connectivity index (χ3v) is 6.20. The minimum Gasteiger partial charge on any atom is -0.454 e. The number of rotatable bonds is 5. The molecular weight excluding hydrogens is 430 g/mol. The third kappa shape index (κ3) is 4.03. The lowest BCUT2D eigenvalue weighted by molar-refractivity contribution is 0.0474. The minimum atomic E-state index is -0.733. The Balaban J connectivity index is 1.54. The molecule has 34 heavy (non-hydrogen) atoms. The van der Waals surface area contributed by atoms with E-state index in [-0.39, 0.29) is 22.5 Å². The summed E-state index contributed by atoms with van der Waals surface area (Å²) in [5.41, 5.74) is 6.09. The highest BCUT2D eigenvalue weighted by atomic mass is 16.5. The van der Waals surface area contributed by atoms with Gasteiger partial charge in [0.25, 0.3) is 11.8 Å². The molecule has 0 N–H and O–H groups in total. The number of carbonyl (C=O) groups is 4. The lowest BCUT2D eigenvalue weighted by Gasteiger charge is -2.17. The van der Waals surface area contributed by atoms with Gasteiger partial charge in [-0.15, -0.1) is 0 Å². The van der Waals surface area contributed by atoms with E-state index in [9.17, 15) is 19.2 Å². The Morgan fingerprint density at radius 3 is 2.15 bits per heavy atom. The summed E-state index contributed by atoms with van der Waals surface area (Å²) in [6.45, 7) is 9.03. The number of ketones is 1. The van der Waals surface area contributed by atoms with Crippen LogP contribution < -0.4 is 4.90 Å². The molecule has 0 aromatic heterocycles. The average molecular weight is 456 g/mol. The second-order valence-corrected chi connectivity index (χ2v) is 8.75.